The number of nitrogens with one attached hydrogen (secondary N) is 1. The van der Waals surface area contributed by atoms with Gasteiger partial charge >= 0.3 is 6.18 Å². The van der Waals surface area contributed by atoms with E-state index in [1.54, 1.807) is 10.8 Å². The zero-order valence-electron chi connectivity index (χ0n) is 23.5. The number of carbonyl (C=O) groups is 1. The first-order valence-electron chi connectivity index (χ1n) is 13.7. The summed E-state index contributed by atoms with van der Waals surface area (Å²) in [5.41, 5.74) is 4.53. The van der Waals surface area contributed by atoms with Crippen LogP contribution in [0.25, 0.3) is 11.1 Å². The number of anilines is 1. The lowest BCUT2D eigenvalue weighted by Crippen LogP contribution is -2.46. The molecule has 1 aliphatic rings. The summed E-state index contributed by atoms with van der Waals surface area (Å²) in [6.07, 6.45) is -5.29. The molecule has 1 fully saturated rings. The van der Waals surface area contributed by atoms with Crippen molar-refractivity contribution in [1.82, 2.24) is 19.8 Å². The average molecular weight is 606 g/mol. The molecule has 0 saturated carbocycles. The Bertz CT molecular complexity index is 1480. The number of piperazine rings is 1. The highest BCUT2D eigenvalue weighted by atomic mass is 32.2. The van der Waals surface area contributed by atoms with Crippen molar-refractivity contribution in [2.45, 2.75) is 39.4 Å². The number of ether oxygens (including phenoxy) is 1. The molecule has 2 aromatic carbocycles. The number of benzene rings is 2. The Kier molecular flexibility index (Phi) is 10.0. The third-order valence-electron chi connectivity index (χ3n) is 6.94. The molecule has 2 heterocycles. The number of halogens is 3. The summed E-state index contributed by atoms with van der Waals surface area (Å²) in [5.74, 6) is -0.991. The van der Waals surface area contributed by atoms with Crippen molar-refractivity contribution in [2.24, 2.45) is 0 Å². The van der Waals surface area contributed by atoms with Crippen molar-refractivity contribution in [3.8, 4) is 16.9 Å². The van der Waals surface area contributed by atoms with Crippen molar-refractivity contribution in [3.05, 3.63) is 71.4 Å². The van der Waals surface area contributed by atoms with E-state index >= 15 is 0 Å². The first-order valence-corrected chi connectivity index (χ1v) is 15.4. The van der Waals surface area contributed by atoms with E-state index in [4.69, 9.17) is 4.74 Å². The van der Waals surface area contributed by atoms with Crippen molar-refractivity contribution < 1.29 is 31.1 Å². The molecule has 0 aliphatic carbocycles. The molecule has 1 N–H and O–H groups in total. The van der Waals surface area contributed by atoms with Gasteiger partial charge in [-0.3, -0.25) is 9.69 Å². The van der Waals surface area contributed by atoms with Crippen LogP contribution >= 0.6 is 0 Å². The lowest BCUT2D eigenvalue weighted by molar-refractivity contribution is -0.130. The largest absolute Gasteiger partial charge is 0.494 e. The molecule has 1 aromatic heterocycles. The van der Waals surface area contributed by atoms with Crippen LogP contribution in [-0.4, -0.2) is 74.1 Å². The quantitative estimate of drug-likeness (QED) is 0.342. The van der Waals surface area contributed by atoms with Gasteiger partial charge in [0, 0.05) is 32.7 Å². The van der Waals surface area contributed by atoms with Gasteiger partial charge in [0.1, 0.15) is 5.75 Å². The van der Waals surface area contributed by atoms with Crippen LogP contribution in [-0.2, 0) is 23.0 Å². The first kappa shape index (κ1) is 31.2. The summed E-state index contributed by atoms with van der Waals surface area (Å²) in [4.78, 5) is 16.6. The minimum absolute atomic E-state index is 0.298. The average Bonchev–Trinajstić information content (AvgIpc) is 2.97. The molecule has 42 heavy (non-hydrogen) atoms. The van der Waals surface area contributed by atoms with Gasteiger partial charge in [-0.05, 0) is 59.9 Å². The van der Waals surface area contributed by atoms with E-state index in [1.807, 2.05) is 24.0 Å². The molecular formula is C29H34F3N5O4S. The van der Waals surface area contributed by atoms with Crippen LogP contribution in [0.5, 0.6) is 5.75 Å². The van der Waals surface area contributed by atoms with E-state index in [1.165, 1.54) is 17.2 Å². The van der Waals surface area contributed by atoms with Crippen LogP contribution in [0.15, 0.2) is 54.6 Å². The normalized spacial score (nSPS) is 14.5. The van der Waals surface area contributed by atoms with Crippen molar-refractivity contribution in [1.29, 1.82) is 0 Å². The molecule has 226 valence electrons. The van der Waals surface area contributed by atoms with E-state index in [-0.39, 0.29) is 5.69 Å². The van der Waals surface area contributed by atoms with Crippen molar-refractivity contribution >= 4 is 21.7 Å². The molecular weight excluding hydrogens is 571 g/mol. The van der Waals surface area contributed by atoms with Gasteiger partial charge in [-0.15, -0.1) is 10.2 Å². The maximum Gasteiger partial charge on any atom is 0.390 e. The first-order chi connectivity index (χ1) is 20.0. The fourth-order valence-corrected chi connectivity index (χ4v) is 5.70. The second-order valence-corrected chi connectivity index (χ2v) is 11.8. The number of aromatic nitrogens is 2. The maximum atomic E-state index is 12.3. The van der Waals surface area contributed by atoms with Gasteiger partial charge in [0.2, 0.25) is 10.0 Å². The Labute approximate surface area is 243 Å². The molecule has 9 nitrogen and oxygen atoms in total. The molecule has 4 rings (SSSR count). The number of hydrogen-bond donors (Lipinski definition) is 1. The van der Waals surface area contributed by atoms with E-state index in [9.17, 15) is 26.4 Å². The fraction of sp³-hybridized carbons (Fsp3) is 0.414. The van der Waals surface area contributed by atoms with Gasteiger partial charge in [-0.1, -0.05) is 37.3 Å². The highest BCUT2D eigenvalue weighted by Crippen LogP contribution is 2.27. The molecule has 1 saturated heterocycles. The van der Waals surface area contributed by atoms with E-state index in [2.05, 4.69) is 52.4 Å². The number of hydrogen-bond acceptors (Lipinski definition) is 8. The van der Waals surface area contributed by atoms with Gasteiger partial charge < -0.3 is 9.64 Å². The third-order valence-corrected chi connectivity index (χ3v) is 8.18. The Morgan fingerprint density at radius 1 is 0.952 bits per heavy atom. The Morgan fingerprint density at radius 3 is 2.33 bits per heavy atom. The molecule has 0 radical (unpaired) electrons. The predicted molar refractivity (Wildman–Crippen MR) is 154 cm³/mol. The lowest BCUT2D eigenvalue weighted by atomic mass is 9.97. The molecule has 13 heteroatoms. The van der Waals surface area contributed by atoms with E-state index in [0.29, 0.717) is 25.5 Å². The van der Waals surface area contributed by atoms with Gasteiger partial charge in [0.05, 0.1) is 18.8 Å². The summed E-state index contributed by atoms with van der Waals surface area (Å²) >= 11 is 0. The summed E-state index contributed by atoms with van der Waals surface area (Å²) < 4.78 is 67.8. The maximum absolute atomic E-state index is 12.3. The summed E-state index contributed by atoms with van der Waals surface area (Å²) in [6.45, 7) is 8.46. The molecule has 0 spiro atoms. The second kappa shape index (κ2) is 13.5. The van der Waals surface area contributed by atoms with Crippen molar-refractivity contribution in [2.75, 3.05) is 43.4 Å². The molecule has 0 atom stereocenters. The summed E-state index contributed by atoms with van der Waals surface area (Å²) in [7, 11) is -4.46. The van der Waals surface area contributed by atoms with Gasteiger partial charge in [-0.2, -0.15) is 13.2 Å². The number of amides is 1. The number of aryl methyl sites for hydroxylation is 1. The number of alkyl halides is 3. The number of sulfonamides is 1. The monoisotopic (exact) mass is 605 g/mol. The molecule has 1 aliphatic heterocycles. The minimum atomic E-state index is -4.65. The molecule has 1 amide bonds. The predicted octanol–water partition coefficient (Wildman–Crippen LogP) is 4.44. The van der Waals surface area contributed by atoms with Crippen LogP contribution in [0.3, 0.4) is 0 Å². The molecule has 3 aromatic rings. The topological polar surface area (TPSA) is 105 Å². The fourth-order valence-electron chi connectivity index (χ4n) is 4.71. The highest BCUT2D eigenvalue weighted by Gasteiger charge is 2.31. The number of carbonyl (C=O) groups excluding carboxylic acids is 1. The third kappa shape index (κ3) is 8.65. The van der Waals surface area contributed by atoms with Crippen LogP contribution in [0.4, 0.5) is 19.0 Å². The van der Waals surface area contributed by atoms with Gasteiger partial charge in [-0.25, -0.2) is 13.1 Å². The van der Waals surface area contributed by atoms with Crippen LogP contribution < -0.4 is 14.4 Å². The number of nitrogens with zero attached hydrogens (tertiary/aromatic N) is 4. The Morgan fingerprint density at radius 2 is 1.69 bits per heavy atom. The van der Waals surface area contributed by atoms with Crippen LogP contribution in [0.1, 0.15) is 41.9 Å². The van der Waals surface area contributed by atoms with E-state index < -0.39 is 34.3 Å². The summed E-state index contributed by atoms with van der Waals surface area (Å²) in [5, 5.41) is 7.84. The van der Waals surface area contributed by atoms with Gasteiger partial charge in [0.15, 0.2) is 11.5 Å². The smallest absolute Gasteiger partial charge is 0.390 e. The lowest BCUT2D eigenvalue weighted by Gasteiger charge is -2.35. The SMILES string of the molecule is CCOc1cccc(-c2ccc(CN3CCN(c4ccc(C(=O)NS(=O)(=O)CCC(F)(F)F)nn4)CC3)c(CC)c2)c1. The highest BCUT2D eigenvalue weighted by molar-refractivity contribution is 7.90. The minimum Gasteiger partial charge on any atom is -0.494 e. The van der Waals surface area contributed by atoms with E-state index in [0.717, 1.165) is 42.9 Å². The second-order valence-electron chi connectivity index (χ2n) is 9.95. The Hall–Kier alpha value is -3.71. The standard InChI is InChI=1S/C29H34F3N5O4S/c1-3-21-18-23(22-6-5-7-25(19-22)41-4-2)8-9-24(21)20-36-13-15-37(16-14-36)27-11-10-26(33-34-27)28(38)35-42(39,40)17-12-29(30,31)32/h5-11,18-19H,3-4,12-17,20H2,1-2H3,(H,35,38). The Balaban J connectivity index is 1.32. The van der Waals surface area contributed by atoms with Crippen LogP contribution in [0.2, 0.25) is 0 Å². The molecule has 0 unspecified atom stereocenters. The molecule has 0 bridgehead atoms. The van der Waals surface area contributed by atoms with Gasteiger partial charge in [0.25, 0.3) is 5.91 Å². The number of rotatable bonds is 11. The zero-order valence-corrected chi connectivity index (χ0v) is 24.3. The van der Waals surface area contributed by atoms with Crippen molar-refractivity contribution in [3.63, 3.8) is 0 Å². The summed E-state index contributed by atoms with van der Waals surface area (Å²) in [6, 6.07) is 17.5. The van der Waals surface area contributed by atoms with Crippen LogP contribution in [0, 0.1) is 0 Å². The zero-order chi connectivity index (χ0) is 30.3.